The van der Waals surface area contributed by atoms with Crippen LogP contribution in [0.3, 0.4) is 0 Å². The van der Waals surface area contributed by atoms with Crippen LogP contribution in [-0.2, 0) is 9.53 Å². The van der Waals surface area contributed by atoms with E-state index in [0.29, 0.717) is 25.3 Å². The standard InChI is InChI=1S/C18H25NO3/c1-4-11-19(13-15(3)18(21)22-12-5-2)14-17(20)16-9-7-6-8-10-16/h4,6-10,15H,1,5,11-14H2,2-3H3. The Morgan fingerprint density at radius 1 is 1.32 bits per heavy atom. The van der Waals surface area contributed by atoms with Gasteiger partial charge >= 0.3 is 5.97 Å². The van der Waals surface area contributed by atoms with Crippen molar-refractivity contribution in [3.05, 3.63) is 48.6 Å². The molecule has 0 heterocycles. The molecule has 1 rings (SSSR count). The van der Waals surface area contributed by atoms with Crippen LogP contribution in [0.1, 0.15) is 30.6 Å². The van der Waals surface area contributed by atoms with Gasteiger partial charge in [0.05, 0.1) is 19.1 Å². The molecule has 0 saturated carbocycles. The zero-order valence-electron chi connectivity index (χ0n) is 13.5. The minimum atomic E-state index is -0.268. The number of nitrogens with zero attached hydrogens (tertiary/aromatic N) is 1. The van der Waals surface area contributed by atoms with Crippen LogP contribution in [0.5, 0.6) is 0 Å². The fraction of sp³-hybridized carbons (Fsp3) is 0.444. The number of carbonyl (C=O) groups is 2. The number of rotatable bonds is 10. The molecule has 0 saturated heterocycles. The fourth-order valence-electron chi connectivity index (χ4n) is 2.11. The molecule has 1 aromatic rings. The van der Waals surface area contributed by atoms with Crippen molar-refractivity contribution in [3.63, 3.8) is 0 Å². The number of ether oxygens (including phenoxy) is 1. The summed E-state index contributed by atoms with van der Waals surface area (Å²) in [5.41, 5.74) is 0.678. The monoisotopic (exact) mass is 303 g/mol. The molecule has 1 atom stereocenters. The van der Waals surface area contributed by atoms with Gasteiger partial charge in [0.25, 0.3) is 0 Å². The summed E-state index contributed by atoms with van der Waals surface area (Å²) in [5, 5.41) is 0. The van der Waals surface area contributed by atoms with Gasteiger partial charge in [-0.2, -0.15) is 0 Å². The van der Waals surface area contributed by atoms with Gasteiger partial charge in [0.1, 0.15) is 0 Å². The Morgan fingerprint density at radius 3 is 2.59 bits per heavy atom. The maximum absolute atomic E-state index is 12.3. The largest absolute Gasteiger partial charge is 0.465 e. The summed E-state index contributed by atoms with van der Waals surface area (Å²) in [6, 6.07) is 9.16. The number of benzene rings is 1. The first kappa shape index (κ1) is 18.1. The highest BCUT2D eigenvalue weighted by atomic mass is 16.5. The molecule has 1 aromatic carbocycles. The maximum atomic E-state index is 12.3. The molecule has 0 aromatic heterocycles. The van der Waals surface area contributed by atoms with Crippen molar-refractivity contribution in [2.75, 3.05) is 26.2 Å². The first-order valence-electron chi connectivity index (χ1n) is 7.66. The van der Waals surface area contributed by atoms with E-state index in [1.807, 2.05) is 36.9 Å². The summed E-state index contributed by atoms with van der Waals surface area (Å²) in [6.07, 6.45) is 2.55. The Morgan fingerprint density at radius 2 is 2.00 bits per heavy atom. The Labute approximate surface area is 132 Å². The molecule has 0 N–H and O–H groups in total. The van der Waals surface area contributed by atoms with E-state index >= 15 is 0 Å². The van der Waals surface area contributed by atoms with E-state index in [0.717, 1.165) is 6.42 Å². The minimum Gasteiger partial charge on any atom is -0.465 e. The Hall–Kier alpha value is -1.94. The summed E-state index contributed by atoms with van der Waals surface area (Å²) in [6.45, 7) is 9.23. The number of hydrogen-bond acceptors (Lipinski definition) is 4. The van der Waals surface area contributed by atoms with E-state index in [1.54, 1.807) is 18.2 Å². The molecule has 0 radical (unpaired) electrons. The van der Waals surface area contributed by atoms with Gasteiger partial charge in [0, 0.05) is 18.7 Å². The molecule has 0 amide bonds. The van der Waals surface area contributed by atoms with Gasteiger partial charge in [0.2, 0.25) is 0 Å². The second-order valence-electron chi connectivity index (χ2n) is 5.34. The number of carbonyl (C=O) groups excluding carboxylic acids is 2. The van der Waals surface area contributed by atoms with Crippen LogP contribution >= 0.6 is 0 Å². The van der Waals surface area contributed by atoms with E-state index in [2.05, 4.69) is 6.58 Å². The van der Waals surface area contributed by atoms with Crippen molar-refractivity contribution in [1.82, 2.24) is 4.90 Å². The molecule has 1 unspecified atom stereocenters. The average Bonchev–Trinajstić information content (AvgIpc) is 2.53. The number of ketones is 1. The topological polar surface area (TPSA) is 46.6 Å². The van der Waals surface area contributed by atoms with Crippen molar-refractivity contribution >= 4 is 11.8 Å². The molecule has 22 heavy (non-hydrogen) atoms. The fourth-order valence-corrected chi connectivity index (χ4v) is 2.11. The Bertz CT molecular complexity index is 484. The normalized spacial score (nSPS) is 12.0. The number of Topliss-reactive ketones (excluding diaryl/α,β-unsaturated/α-hetero) is 1. The Kier molecular flexibility index (Phi) is 8.15. The molecule has 0 bridgehead atoms. The second-order valence-corrected chi connectivity index (χ2v) is 5.34. The van der Waals surface area contributed by atoms with E-state index in [1.165, 1.54) is 0 Å². The van der Waals surface area contributed by atoms with Crippen molar-refractivity contribution in [3.8, 4) is 0 Å². The molecule has 0 aliphatic carbocycles. The molecule has 4 nitrogen and oxygen atoms in total. The third-order valence-electron chi connectivity index (χ3n) is 3.23. The Balaban J connectivity index is 2.59. The lowest BCUT2D eigenvalue weighted by Gasteiger charge is -2.23. The molecular weight excluding hydrogens is 278 g/mol. The third kappa shape index (κ3) is 6.22. The molecule has 4 heteroatoms. The van der Waals surface area contributed by atoms with Gasteiger partial charge in [-0.3, -0.25) is 14.5 Å². The average molecular weight is 303 g/mol. The summed E-state index contributed by atoms with van der Waals surface area (Å²) < 4.78 is 5.15. The second kappa shape index (κ2) is 9.90. The van der Waals surface area contributed by atoms with Crippen LogP contribution < -0.4 is 0 Å². The van der Waals surface area contributed by atoms with Crippen molar-refractivity contribution in [1.29, 1.82) is 0 Å². The smallest absolute Gasteiger partial charge is 0.309 e. The van der Waals surface area contributed by atoms with E-state index < -0.39 is 0 Å². The highest BCUT2D eigenvalue weighted by molar-refractivity contribution is 5.97. The molecule has 0 spiro atoms. The SMILES string of the molecule is C=CCN(CC(=O)c1ccccc1)CC(C)C(=O)OCCC. The highest BCUT2D eigenvalue weighted by Gasteiger charge is 2.19. The first-order chi connectivity index (χ1) is 10.6. The van der Waals surface area contributed by atoms with Gasteiger partial charge in [-0.1, -0.05) is 50.3 Å². The molecule has 120 valence electrons. The van der Waals surface area contributed by atoms with E-state index in [9.17, 15) is 9.59 Å². The lowest BCUT2D eigenvalue weighted by Crippen LogP contribution is -2.36. The summed E-state index contributed by atoms with van der Waals surface area (Å²) in [5.74, 6) is -0.449. The van der Waals surface area contributed by atoms with Crippen molar-refractivity contribution in [2.45, 2.75) is 20.3 Å². The highest BCUT2D eigenvalue weighted by Crippen LogP contribution is 2.07. The van der Waals surface area contributed by atoms with Gasteiger partial charge < -0.3 is 4.74 Å². The van der Waals surface area contributed by atoms with Crippen LogP contribution in [0, 0.1) is 5.92 Å². The first-order valence-corrected chi connectivity index (χ1v) is 7.66. The molecule has 0 aliphatic heterocycles. The quantitative estimate of drug-likeness (QED) is 0.379. The van der Waals surface area contributed by atoms with Crippen LogP contribution in [0.25, 0.3) is 0 Å². The van der Waals surface area contributed by atoms with Crippen LogP contribution in [0.2, 0.25) is 0 Å². The summed E-state index contributed by atoms with van der Waals surface area (Å²) >= 11 is 0. The van der Waals surface area contributed by atoms with Crippen LogP contribution in [0.4, 0.5) is 0 Å². The van der Waals surface area contributed by atoms with Crippen LogP contribution in [-0.4, -0.2) is 42.9 Å². The molecule has 0 fully saturated rings. The lowest BCUT2D eigenvalue weighted by molar-refractivity contribution is -0.148. The summed E-state index contributed by atoms with van der Waals surface area (Å²) in [4.78, 5) is 26.0. The van der Waals surface area contributed by atoms with Gasteiger partial charge in [-0.15, -0.1) is 6.58 Å². The maximum Gasteiger partial charge on any atom is 0.309 e. The number of hydrogen-bond donors (Lipinski definition) is 0. The van der Waals surface area contributed by atoms with Gasteiger partial charge in [-0.25, -0.2) is 0 Å². The predicted octanol–water partition coefficient (Wildman–Crippen LogP) is 2.95. The lowest BCUT2D eigenvalue weighted by atomic mass is 10.1. The van der Waals surface area contributed by atoms with Crippen molar-refractivity contribution < 1.29 is 14.3 Å². The van der Waals surface area contributed by atoms with E-state index in [4.69, 9.17) is 4.74 Å². The third-order valence-corrected chi connectivity index (χ3v) is 3.23. The molecular formula is C18H25NO3. The zero-order valence-corrected chi connectivity index (χ0v) is 13.5. The molecule has 0 aliphatic rings. The van der Waals surface area contributed by atoms with Gasteiger partial charge in [-0.05, 0) is 6.42 Å². The minimum absolute atomic E-state index is 0.0385. The van der Waals surface area contributed by atoms with Gasteiger partial charge in [0.15, 0.2) is 5.78 Å². The van der Waals surface area contributed by atoms with E-state index in [-0.39, 0.29) is 24.2 Å². The van der Waals surface area contributed by atoms with Crippen LogP contribution in [0.15, 0.2) is 43.0 Å². The number of esters is 1. The zero-order chi connectivity index (χ0) is 16.4. The van der Waals surface area contributed by atoms with Crippen molar-refractivity contribution in [2.24, 2.45) is 5.92 Å². The predicted molar refractivity (Wildman–Crippen MR) is 87.8 cm³/mol. The summed E-state index contributed by atoms with van der Waals surface area (Å²) in [7, 11) is 0.